The van der Waals surface area contributed by atoms with Gasteiger partial charge in [-0.15, -0.1) is 0 Å². The van der Waals surface area contributed by atoms with Crippen molar-refractivity contribution in [2.75, 3.05) is 6.61 Å². The summed E-state index contributed by atoms with van der Waals surface area (Å²) < 4.78 is 5.68. The normalized spacial score (nSPS) is 14.2. The molecule has 4 nitrogen and oxygen atoms in total. The van der Waals surface area contributed by atoms with E-state index in [1.807, 2.05) is 18.2 Å². The molecule has 0 atom stereocenters. The number of hydrogen-bond acceptors (Lipinski definition) is 3. The summed E-state index contributed by atoms with van der Waals surface area (Å²) in [5, 5.41) is 0. The van der Waals surface area contributed by atoms with Crippen LogP contribution in [-0.4, -0.2) is 18.3 Å². The van der Waals surface area contributed by atoms with E-state index in [4.69, 9.17) is 10.5 Å². The average Bonchev–Trinajstić information content (AvgIpc) is 2.28. The van der Waals surface area contributed by atoms with E-state index in [9.17, 15) is 4.79 Å². The summed E-state index contributed by atoms with van der Waals surface area (Å²) in [6, 6.07) is 5.64. The molecule has 90 valence electrons. The second kappa shape index (κ2) is 4.99. The van der Waals surface area contributed by atoms with Gasteiger partial charge in [-0.1, -0.05) is 25.5 Å². The molecule has 0 aromatic heterocycles. The number of carbonyl (C=O) groups is 1. The molecular weight excluding hydrogens is 216 g/mol. The summed E-state index contributed by atoms with van der Waals surface area (Å²) in [4.78, 5) is 15.1. The van der Waals surface area contributed by atoms with Gasteiger partial charge in [0.1, 0.15) is 11.6 Å². The van der Waals surface area contributed by atoms with Crippen molar-refractivity contribution in [2.45, 2.75) is 26.2 Å². The van der Waals surface area contributed by atoms with Crippen LogP contribution in [0.5, 0.6) is 5.75 Å². The Morgan fingerprint density at radius 1 is 1.47 bits per heavy atom. The van der Waals surface area contributed by atoms with Crippen molar-refractivity contribution < 1.29 is 9.53 Å². The molecule has 1 aliphatic rings. The summed E-state index contributed by atoms with van der Waals surface area (Å²) in [6.45, 7) is 2.77. The van der Waals surface area contributed by atoms with Gasteiger partial charge in [-0.05, 0) is 18.1 Å². The average molecular weight is 232 g/mol. The Balaban J connectivity index is 2.28. The quantitative estimate of drug-likeness (QED) is 0.803. The number of ether oxygens (including phenoxy) is 1. The zero-order valence-corrected chi connectivity index (χ0v) is 9.90. The number of hydrogen-bond donors (Lipinski definition) is 1. The van der Waals surface area contributed by atoms with Crippen molar-refractivity contribution in [3.8, 4) is 5.75 Å². The molecule has 1 aliphatic heterocycles. The fourth-order valence-corrected chi connectivity index (χ4v) is 1.85. The van der Waals surface area contributed by atoms with Crippen molar-refractivity contribution in [3.05, 3.63) is 29.3 Å². The van der Waals surface area contributed by atoms with Crippen LogP contribution >= 0.6 is 0 Å². The molecule has 1 heterocycles. The summed E-state index contributed by atoms with van der Waals surface area (Å²) >= 11 is 0. The van der Waals surface area contributed by atoms with Crippen LogP contribution in [0.15, 0.2) is 23.2 Å². The molecule has 2 N–H and O–H groups in total. The van der Waals surface area contributed by atoms with Gasteiger partial charge in [-0.25, -0.2) is 0 Å². The first-order valence-corrected chi connectivity index (χ1v) is 5.84. The van der Waals surface area contributed by atoms with Crippen LogP contribution in [0.1, 0.15) is 30.9 Å². The van der Waals surface area contributed by atoms with Crippen LogP contribution in [0.25, 0.3) is 0 Å². The molecule has 0 saturated heterocycles. The lowest BCUT2D eigenvalue weighted by atomic mass is 10.00. The maximum absolute atomic E-state index is 11.3. The van der Waals surface area contributed by atoms with E-state index < -0.39 is 0 Å². The van der Waals surface area contributed by atoms with E-state index in [0.717, 1.165) is 29.7 Å². The lowest BCUT2D eigenvalue weighted by molar-refractivity contribution is -0.117. The highest BCUT2D eigenvalue weighted by atomic mass is 16.5. The van der Waals surface area contributed by atoms with Gasteiger partial charge in [-0.3, -0.25) is 4.79 Å². The monoisotopic (exact) mass is 232 g/mol. The summed E-state index contributed by atoms with van der Waals surface area (Å²) in [5.41, 5.74) is 7.47. The van der Waals surface area contributed by atoms with Crippen LogP contribution < -0.4 is 10.5 Å². The number of fused-ring (bicyclic) bond motifs is 1. The van der Waals surface area contributed by atoms with Crippen LogP contribution in [0, 0.1) is 0 Å². The minimum atomic E-state index is -0.194. The first-order valence-electron chi connectivity index (χ1n) is 5.84. The van der Waals surface area contributed by atoms with Gasteiger partial charge in [0.25, 0.3) is 5.91 Å². The molecule has 17 heavy (non-hydrogen) atoms. The highest BCUT2D eigenvalue weighted by molar-refractivity contribution is 6.10. The summed E-state index contributed by atoms with van der Waals surface area (Å²) in [7, 11) is 0. The van der Waals surface area contributed by atoms with Gasteiger partial charge in [-0.2, -0.15) is 4.99 Å². The zero-order valence-electron chi connectivity index (χ0n) is 9.90. The Hall–Kier alpha value is -1.84. The number of amidine groups is 1. The highest BCUT2D eigenvalue weighted by Crippen LogP contribution is 2.25. The van der Waals surface area contributed by atoms with Crippen LogP contribution in [0.3, 0.4) is 0 Å². The third-order valence-corrected chi connectivity index (χ3v) is 2.71. The number of carbonyl (C=O) groups excluding carboxylic acids is 1. The highest BCUT2D eigenvalue weighted by Gasteiger charge is 2.20. The molecule has 4 heteroatoms. The van der Waals surface area contributed by atoms with Crippen molar-refractivity contribution in [1.29, 1.82) is 0 Å². The number of unbranched alkanes of at least 4 members (excludes halogenated alkanes) is 1. The molecule has 0 saturated carbocycles. The van der Waals surface area contributed by atoms with Gasteiger partial charge >= 0.3 is 0 Å². The molecule has 0 radical (unpaired) electrons. The molecule has 1 aromatic carbocycles. The third kappa shape index (κ3) is 2.46. The number of nitrogens with two attached hydrogens (primary N) is 1. The second-order valence-corrected chi connectivity index (χ2v) is 4.06. The van der Waals surface area contributed by atoms with Crippen molar-refractivity contribution in [3.63, 3.8) is 0 Å². The van der Waals surface area contributed by atoms with Gasteiger partial charge in [0.05, 0.1) is 18.6 Å². The first kappa shape index (κ1) is 11.6. The molecule has 0 bridgehead atoms. The van der Waals surface area contributed by atoms with E-state index in [0.29, 0.717) is 13.0 Å². The number of benzene rings is 1. The number of rotatable bonds is 4. The van der Waals surface area contributed by atoms with E-state index in [1.165, 1.54) is 0 Å². The van der Waals surface area contributed by atoms with Crippen LogP contribution in [0.4, 0.5) is 0 Å². The maximum atomic E-state index is 11.3. The second-order valence-electron chi connectivity index (χ2n) is 4.06. The predicted molar refractivity (Wildman–Crippen MR) is 66.3 cm³/mol. The van der Waals surface area contributed by atoms with Crippen LogP contribution in [0.2, 0.25) is 0 Å². The Morgan fingerprint density at radius 2 is 2.29 bits per heavy atom. The Labute approximate surface area is 100 Å². The Kier molecular flexibility index (Phi) is 3.42. The minimum absolute atomic E-state index is 0.194. The molecule has 1 amide bonds. The third-order valence-electron chi connectivity index (χ3n) is 2.71. The maximum Gasteiger partial charge on any atom is 0.252 e. The van der Waals surface area contributed by atoms with E-state index >= 15 is 0 Å². The number of aliphatic imine (C=N–C) groups is 1. The predicted octanol–water partition coefficient (Wildman–Crippen LogP) is 1.65. The molecule has 0 fully saturated rings. The lowest BCUT2D eigenvalue weighted by Crippen LogP contribution is -2.24. The van der Waals surface area contributed by atoms with Gasteiger partial charge < -0.3 is 10.5 Å². The molecule has 0 aliphatic carbocycles. The number of amides is 1. The van der Waals surface area contributed by atoms with Crippen molar-refractivity contribution in [2.24, 2.45) is 10.7 Å². The summed E-state index contributed by atoms with van der Waals surface area (Å²) in [6.07, 6.45) is 2.39. The SMILES string of the molecule is CCCCOc1cccc2c1C(N)=NC(=O)C2. The van der Waals surface area contributed by atoms with Crippen molar-refractivity contribution in [1.82, 2.24) is 0 Å². The van der Waals surface area contributed by atoms with Crippen LogP contribution in [-0.2, 0) is 11.2 Å². The molecule has 0 unspecified atom stereocenters. The van der Waals surface area contributed by atoms with Gasteiger partial charge in [0, 0.05) is 0 Å². The topological polar surface area (TPSA) is 64.7 Å². The van der Waals surface area contributed by atoms with Crippen molar-refractivity contribution >= 4 is 11.7 Å². The Morgan fingerprint density at radius 3 is 3.06 bits per heavy atom. The molecule has 0 spiro atoms. The lowest BCUT2D eigenvalue weighted by Gasteiger charge is -2.17. The molecule has 2 rings (SSSR count). The summed E-state index contributed by atoms with van der Waals surface area (Å²) in [5.74, 6) is 0.800. The largest absolute Gasteiger partial charge is 0.493 e. The fraction of sp³-hybridized carbons (Fsp3) is 0.385. The van der Waals surface area contributed by atoms with E-state index in [-0.39, 0.29) is 11.7 Å². The fourth-order valence-electron chi connectivity index (χ4n) is 1.85. The first-order chi connectivity index (χ1) is 8.22. The minimum Gasteiger partial charge on any atom is -0.493 e. The zero-order chi connectivity index (χ0) is 12.3. The van der Waals surface area contributed by atoms with E-state index in [2.05, 4.69) is 11.9 Å². The van der Waals surface area contributed by atoms with Gasteiger partial charge in [0.15, 0.2) is 0 Å². The van der Waals surface area contributed by atoms with Gasteiger partial charge in [0.2, 0.25) is 0 Å². The molecule has 1 aromatic rings. The molecular formula is C13H16N2O2. The standard InChI is InChI=1S/C13H16N2O2/c1-2-3-7-17-10-6-4-5-9-8-11(16)15-13(14)12(9)10/h4-6H,2-3,7-8H2,1H3,(H2,14,15,16). The Bertz CT molecular complexity index is 466. The van der Waals surface area contributed by atoms with E-state index in [1.54, 1.807) is 0 Å². The number of nitrogens with zero attached hydrogens (tertiary/aromatic N) is 1. The smallest absolute Gasteiger partial charge is 0.252 e.